The quantitative estimate of drug-likeness (QED) is 0.0910. The number of nitrogens with zero attached hydrogens (tertiary/aromatic N) is 6. The lowest BCUT2D eigenvalue weighted by Crippen LogP contribution is -2.13. The molecule has 0 amide bonds. The minimum absolute atomic E-state index is 0.174. The second-order valence-electron chi connectivity index (χ2n) is 27.2. The van der Waals surface area contributed by atoms with Crippen LogP contribution in [0.25, 0.3) is 101 Å². The molecular formula is C94H82N6O18. The summed E-state index contributed by atoms with van der Waals surface area (Å²) >= 11 is 0. The summed E-state index contributed by atoms with van der Waals surface area (Å²) in [7, 11) is 2.63. The number of methoxy groups -OCH3 is 2. The van der Waals surface area contributed by atoms with Crippen LogP contribution in [0.15, 0.2) is 243 Å². The topological polar surface area (TPSA) is 259 Å². The number of hydrogen-bond acceptors (Lipinski definition) is 24. The molecule has 6 aliphatic heterocycles. The number of hydrogen-bond donors (Lipinski definition) is 0. The molecule has 11 aromatic carbocycles. The van der Waals surface area contributed by atoms with Gasteiger partial charge in [-0.1, -0.05) is 60.7 Å². The Morgan fingerprint density at radius 3 is 0.686 bits per heavy atom. The molecule has 0 fully saturated rings. The van der Waals surface area contributed by atoms with Crippen LogP contribution in [0.5, 0.6) is 57.5 Å². The molecule has 3 aromatic heterocycles. The molecule has 596 valence electrons. The van der Waals surface area contributed by atoms with Crippen LogP contribution in [-0.4, -0.2) is 162 Å². The maximum absolute atomic E-state index is 12.7. The van der Waals surface area contributed by atoms with Crippen molar-refractivity contribution in [2.45, 2.75) is 13.2 Å². The van der Waals surface area contributed by atoms with Gasteiger partial charge in [-0.3, -0.25) is 0 Å². The first-order valence-electron chi connectivity index (χ1n) is 38.7. The molecule has 20 rings (SSSR count). The Kier molecular flexibility index (Phi) is 25.2. The first kappa shape index (κ1) is 78.1. The molecule has 0 spiro atoms. The number of aromatic nitrogens is 6. The van der Waals surface area contributed by atoms with E-state index in [1.807, 2.05) is 206 Å². The molecule has 20 bridgehead atoms. The number of rotatable bonds is 10. The normalized spacial score (nSPS) is 14.0. The summed E-state index contributed by atoms with van der Waals surface area (Å²) in [5.74, 6) is 4.17. The van der Waals surface area contributed by atoms with E-state index < -0.39 is 11.9 Å². The van der Waals surface area contributed by atoms with Crippen molar-refractivity contribution >= 4 is 45.0 Å². The molecule has 6 aliphatic rings. The largest absolute Gasteiger partial charge is 0.491 e. The standard InChI is InChI=1S/C94H82N6O18/c1-103-93(101)69-53-77-57-79(55-69)115-51-43-107-39-47-111-73-29-17-65(18-30-73)83-85(67-21-33-75(34-22-67)117-59-61-9-5-3-6-10-61)99-91-89(97-83)87-88-90-92(91)100-86(68-23-35-76(36-24-68)118-60-62-11-7-4-8-12-62)84(98-90)66-19-31-74(32-20-66)112-48-40-108-44-52-116-80-56-70(94(102)104-2)54-78(58-80)114-50-42-106-38-46-110-72-27-15-64(16-28-72)82(96-88)81(95-87)63-13-25-71(26-14-63)109-45-37-105-41-49-113-77/h3-36,53-58H,37-52,59-60H2,1-2H3. The molecular weight excluding hydrogens is 1500 g/mol. The van der Waals surface area contributed by atoms with Crippen molar-refractivity contribution in [1.82, 2.24) is 29.9 Å². The van der Waals surface area contributed by atoms with Gasteiger partial charge in [-0.2, -0.15) is 0 Å². The fourth-order valence-corrected chi connectivity index (χ4v) is 13.3. The van der Waals surface area contributed by atoms with Crippen molar-refractivity contribution in [1.29, 1.82) is 0 Å². The fraction of sp³-hybridized carbons (Fsp3) is 0.213. The van der Waals surface area contributed by atoms with Crippen molar-refractivity contribution in [3.05, 3.63) is 265 Å². The Bertz CT molecular complexity index is 5420. The lowest BCUT2D eigenvalue weighted by atomic mass is 10.0. The van der Waals surface area contributed by atoms with Crippen molar-refractivity contribution in [2.24, 2.45) is 0 Å². The Hall–Kier alpha value is -13.8. The van der Waals surface area contributed by atoms with Gasteiger partial charge < -0.3 is 75.8 Å². The molecule has 118 heavy (non-hydrogen) atoms. The number of carbonyl (C=O) groups is 2. The van der Waals surface area contributed by atoms with Gasteiger partial charge in [0.25, 0.3) is 0 Å². The monoisotopic (exact) mass is 1580 g/mol. The number of esters is 2. The average Bonchev–Trinajstić information content (AvgIpc) is 0.712. The summed E-state index contributed by atoms with van der Waals surface area (Å²) in [6.07, 6.45) is 0. The Labute approximate surface area is 680 Å². The third-order valence-electron chi connectivity index (χ3n) is 19.2. The van der Waals surface area contributed by atoms with Gasteiger partial charge >= 0.3 is 11.9 Å². The lowest BCUT2D eigenvalue weighted by Gasteiger charge is -2.18. The van der Waals surface area contributed by atoms with E-state index in [0.29, 0.717) is 160 Å². The zero-order chi connectivity index (χ0) is 80.2. The molecule has 0 saturated heterocycles. The molecule has 0 radical (unpaired) electrons. The zero-order valence-corrected chi connectivity index (χ0v) is 64.9. The molecule has 24 heteroatoms. The summed E-state index contributed by atoms with van der Waals surface area (Å²) in [5, 5.41) is 0. The van der Waals surface area contributed by atoms with Gasteiger partial charge in [-0.05, 0) is 181 Å². The highest BCUT2D eigenvalue weighted by molar-refractivity contribution is 6.20. The summed E-state index contributed by atoms with van der Waals surface area (Å²) < 4.78 is 96.1. The molecule has 0 aliphatic carbocycles. The van der Waals surface area contributed by atoms with E-state index in [-0.39, 0.29) is 117 Å². The smallest absolute Gasteiger partial charge is 0.338 e. The molecule has 9 heterocycles. The summed E-state index contributed by atoms with van der Waals surface area (Å²) in [5.41, 5.74) is 12.3. The average molecular weight is 1580 g/mol. The van der Waals surface area contributed by atoms with Crippen LogP contribution in [-0.2, 0) is 41.6 Å². The van der Waals surface area contributed by atoms with E-state index >= 15 is 0 Å². The van der Waals surface area contributed by atoms with Crippen molar-refractivity contribution in [2.75, 3.05) is 120 Å². The van der Waals surface area contributed by atoms with Crippen LogP contribution in [0, 0.1) is 0 Å². The lowest BCUT2D eigenvalue weighted by molar-refractivity contribution is 0.0589. The highest BCUT2D eigenvalue weighted by Crippen LogP contribution is 2.43. The number of carbonyl (C=O) groups excluding carboxylic acids is 2. The summed E-state index contributed by atoms with van der Waals surface area (Å²) in [6.45, 7) is 4.19. The van der Waals surface area contributed by atoms with E-state index in [0.717, 1.165) is 22.3 Å². The van der Waals surface area contributed by atoms with Crippen LogP contribution in [0.2, 0.25) is 0 Å². The van der Waals surface area contributed by atoms with Crippen LogP contribution >= 0.6 is 0 Å². The fourth-order valence-electron chi connectivity index (χ4n) is 13.3. The van der Waals surface area contributed by atoms with Crippen molar-refractivity contribution in [3.8, 4) is 125 Å². The van der Waals surface area contributed by atoms with Gasteiger partial charge in [-0.15, -0.1) is 0 Å². The second kappa shape index (κ2) is 38.1. The summed E-state index contributed by atoms with van der Waals surface area (Å²) in [6, 6.07) is 76.1. The SMILES string of the molecule is COC(=O)c1cc2cc(c1)OCCOCCOc1ccc(cc1)-c1nc3c4nc(c5nc4c4nc(c(-c6ccc(OCc7ccccc7)cc6)nc4c3nc1-c1ccc(OCc3ccccc3)cc1)-c1ccc(cc1)OCCOCCOc1cc(cc(C(=O)OC)c1)OCCOCCOc1ccc-5cc1)-c1ccc(cc1)OCCOCCO2. The van der Waals surface area contributed by atoms with Crippen molar-refractivity contribution < 1.29 is 85.4 Å². The number of ether oxygens (including phenoxy) is 16. The van der Waals surface area contributed by atoms with Gasteiger partial charge in [0, 0.05) is 45.5 Å². The predicted molar refractivity (Wildman–Crippen MR) is 443 cm³/mol. The minimum Gasteiger partial charge on any atom is -0.491 e. The first-order chi connectivity index (χ1) is 58.2. The number of fused-ring (bicyclic) bond motifs is 5. The Balaban J connectivity index is 0.847. The first-order valence-corrected chi connectivity index (χ1v) is 38.7. The second-order valence-corrected chi connectivity index (χ2v) is 27.2. The van der Waals surface area contributed by atoms with Crippen LogP contribution in [0.1, 0.15) is 31.8 Å². The van der Waals surface area contributed by atoms with E-state index in [9.17, 15) is 9.59 Å². The molecule has 0 atom stereocenters. The third-order valence-corrected chi connectivity index (χ3v) is 19.2. The van der Waals surface area contributed by atoms with Gasteiger partial charge in [0.05, 0.1) is 112 Å². The highest BCUT2D eigenvalue weighted by Gasteiger charge is 2.27. The van der Waals surface area contributed by atoms with Gasteiger partial charge in [0.15, 0.2) is 0 Å². The third kappa shape index (κ3) is 19.4. The zero-order valence-electron chi connectivity index (χ0n) is 64.9. The predicted octanol–water partition coefficient (Wildman–Crippen LogP) is 16.8. The van der Waals surface area contributed by atoms with Gasteiger partial charge in [-0.25, -0.2) is 39.5 Å². The van der Waals surface area contributed by atoms with E-state index in [2.05, 4.69) is 0 Å². The molecule has 0 saturated carbocycles. The van der Waals surface area contributed by atoms with Crippen LogP contribution < -0.4 is 47.4 Å². The van der Waals surface area contributed by atoms with Crippen LogP contribution in [0.4, 0.5) is 0 Å². The van der Waals surface area contributed by atoms with Gasteiger partial charge in [0.1, 0.15) is 157 Å². The van der Waals surface area contributed by atoms with Gasteiger partial charge in [0.2, 0.25) is 0 Å². The van der Waals surface area contributed by atoms with Crippen LogP contribution in [0.3, 0.4) is 0 Å². The van der Waals surface area contributed by atoms with E-state index in [4.69, 9.17) is 106 Å². The number of benzene rings is 11. The molecule has 24 nitrogen and oxygen atoms in total. The Morgan fingerprint density at radius 1 is 0.254 bits per heavy atom. The highest BCUT2D eigenvalue weighted by atomic mass is 16.6. The molecule has 0 unspecified atom stereocenters. The maximum atomic E-state index is 12.7. The Morgan fingerprint density at radius 2 is 0.466 bits per heavy atom. The summed E-state index contributed by atoms with van der Waals surface area (Å²) in [4.78, 5) is 60.1. The van der Waals surface area contributed by atoms with E-state index in [1.54, 1.807) is 36.4 Å². The molecule has 0 N–H and O–H groups in total. The van der Waals surface area contributed by atoms with E-state index in [1.165, 1.54) is 14.2 Å². The maximum Gasteiger partial charge on any atom is 0.338 e. The molecule has 14 aromatic rings. The minimum atomic E-state index is -0.541. The van der Waals surface area contributed by atoms with Crippen molar-refractivity contribution in [3.63, 3.8) is 0 Å².